The highest BCUT2D eigenvalue weighted by atomic mass is 16.5. The van der Waals surface area contributed by atoms with Crippen molar-refractivity contribution < 1.29 is 19.2 Å². The summed E-state index contributed by atoms with van der Waals surface area (Å²) in [6, 6.07) is 6.98. The number of benzene rings is 1. The van der Waals surface area contributed by atoms with Crippen molar-refractivity contribution in [1.29, 1.82) is 0 Å². The van der Waals surface area contributed by atoms with Gasteiger partial charge >= 0.3 is 5.97 Å². The molecule has 0 atom stereocenters. The molecule has 0 amide bonds. The molecule has 0 spiro atoms. The van der Waals surface area contributed by atoms with E-state index in [-0.39, 0.29) is 6.61 Å². The van der Waals surface area contributed by atoms with Crippen molar-refractivity contribution in [2.45, 2.75) is 32.1 Å². The first-order chi connectivity index (χ1) is 12.2. The van der Waals surface area contributed by atoms with E-state index in [2.05, 4.69) is 15.5 Å². The zero-order chi connectivity index (χ0) is 17.5. The SMILES string of the molecule is O=C(O)COc1ccc(-c2noc(CCCC3CCNCC3)n2)cc1. The number of nitrogens with one attached hydrogen (secondary N) is 1. The molecule has 2 heterocycles. The summed E-state index contributed by atoms with van der Waals surface area (Å²) in [5.41, 5.74) is 0.816. The largest absolute Gasteiger partial charge is 0.482 e. The van der Waals surface area contributed by atoms with Gasteiger partial charge in [-0.2, -0.15) is 4.98 Å². The summed E-state index contributed by atoms with van der Waals surface area (Å²) >= 11 is 0. The molecule has 134 valence electrons. The van der Waals surface area contributed by atoms with E-state index < -0.39 is 5.97 Å². The summed E-state index contributed by atoms with van der Waals surface area (Å²) in [5.74, 6) is 1.51. The molecule has 0 radical (unpaired) electrons. The van der Waals surface area contributed by atoms with Gasteiger partial charge in [-0.05, 0) is 69.0 Å². The minimum atomic E-state index is -1.00. The van der Waals surface area contributed by atoms with Gasteiger partial charge in [-0.1, -0.05) is 5.16 Å². The number of carboxylic acid groups (broad SMARTS) is 1. The Labute approximate surface area is 146 Å². The van der Waals surface area contributed by atoms with Crippen LogP contribution in [-0.2, 0) is 11.2 Å². The van der Waals surface area contributed by atoms with Crippen LogP contribution in [-0.4, -0.2) is 40.9 Å². The zero-order valence-electron chi connectivity index (χ0n) is 14.1. The second-order valence-corrected chi connectivity index (χ2v) is 6.30. The third-order valence-corrected chi connectivity index (χ3v) is 4.40. The van der Waals surface area contributed by atoms with E-state index in [4.69, 9.17) is 14.4 Å². The van der Waals surface area contributed by atoms with Crippen molar-refractivity contribution in [2.75, 3.05) is 19.7 Å². The van der Waals surface area contributed by atoms with Crippen LogP contribution in [0.15, 0.2) is 28.8 Å². The minimum absolute atomic E-state index is 0.358. The average Bonchev–Trinajstić information content (AvgIpc) is 3.10. The second kappa shape index (κ2) is 8.62. The lowest BCUT2D eigenvalue weighted by Gasteiger charge is -2.21. The van der Waals surface area contributed by atoms with Crippen molar-refractivity contribution in [3.05, 3.63) is 30.2 Å². The summed E-state index contributed by atoms with van der Waals surface area (Å²) in [7, 11) is 0. The summed E-state index contributed by atoms with van der Waals surface area (Å²) in [5, 5.41) is 16.0. The van der Waals surface area contributed by atoms with E-state index in [0.717, 1.165) is 37.4 Å². The first-order valence-electron chi connectivity index (χ1n) is 8.69. The van der Waals surface area contributed by atoms with Gasteiger partial charge in [0, 0.05) is 12.0 Å². The van der Waals surface area contributed by atoms with Gasteiger partial charge in [-0.3, -0.25) is 0 Å². The van der Waals surface area contributed by atoms with Crippen LogP contribution in [0.5, 0.6) is 5.75 Å². The minimum Gasteiger partial charge on any atom is -0.482 e. The monoisotopic (exact) mass is 345 g/mol. The van der Waals surface area contributed by atoms with Crippen LogP contribution >= 0.6 is 0 Å². The zero-order valence-corrected chi connectivity index (χ0v) is 14.1. The smallest absolute Gasteiger partial charge is 0.341 e. The fourth-order valence-electron chi connectivity index (χ4n) is 3.03. The Balaban J connectivity index is 1.49. The predicted octanol–water partition coefficient (Wildman–Crippen LogP) is 2.52. The fraction of sp³-hybridized carbons (Fsp3) is 0.500. The van der Waals surface area contributed by atoms with Crippen LogP contribution in [0.2, 0.25) is 0 Å². The second-order valence-electron chi connectivity index (χ2n) is 6.30. The highest BCUT2D eigenvalue weighted by molar-refractivity contribution is 5.68. The summed E-state index contributed by atoms with van der Waals surface area (Å²) < 4.78 is 10.4. The van der Waals surface area contributed by atoms with Crippen molar-refractivity contribution in [3.8, 4) is 17.1 Å². The number of carbonyl (C=O) groups is 1. The fourth-order valence-corrected chi connectivity index (χ4v) is 3.03. The van der Waals surface area contributed by atoms with Gasteiger partial charge in [0.15, 0.2) is 6.61 Å². The molecule has 7 heteroatoms. The lowest BCUT2D eigenvalue weighted by molar-refractivity contribution is -0.139. The van der Waals surface area contributed by atoms with Crippen molar-refractivity contribution in [2.24, 2.45) is 5.92 Å². The molecule has 1 aliphatic rings. The van der Waals surface area contributed by atoms with E-state index in [1.54, 1.807) is 24.3 Å². The lowest BCUT2D eigenvalue weighted by atomic mass is 9.92. The van der Waals surface area contributed by atoms with Gasteiger partial charge in [0.25, 0.3) is 0 Å². The molecule has 1 saturated heterocycles. The first kappa shape index (κ1) is 17.4. The number of aliphatic carboxylic acids is 1. The van der Waals surface area contributed by atoms with E-state index in [1.165, 1.54) is 19.3 Å². The standard InChI is InChI=1S/C18H23N3O4/c22-17(23)12-24-15-6-4-14(5-7-15)18-20-16(25-21-18)3-1-2-13-8-10-19-11-9-13/h4-7,13,19H,1-3,8-12H2,(H,22,23). The van der Waals surface area contributed by atoms with Gasteiger partial charge in [0.1, 0.15) is 5.75 Å². The van der Waals surface area contributed by atoms with Crippen LogP contribution in [0.25, 0.3) is 11.4 Å². The molecule has 0 unspecified atom stereocenters. The van der Waals surface area contributed by atoms with Crippen LogP contribution in [0.3, 0.4) is 0 Å². The molecule has 1 fully saturated rings. The third kappa shape index (κ3) is 5.29. The molecule has 1 aliphatic heterocycles. The molecular weight excluding hydrogens is 322 g/mol. The van der Waals surface area contributed by atoms with E-state index >= 15 is 0 Å². The molecule has 2 aromatic rings. The van der Waals surface area contributed by atoms with Gasteiger partial charge in [-0.25, -0.2) is 4.79 Å². The number of nitrogens with zero attached hydrogens (tertiary/aromatic N) is 2. The molecule has 25 heavy (non-hydrogen) atoms. The van der Waals surface area contributed by atoms with Crippen molar-refractivity contribution >= 4 is 5.97 Å². The molecule has 7 nitrogen and oxygen atoms in total. The number of hydrogen-bond donors (Lipinski definition) is 2. The van der Waals surface area contributed by atoms with Crippen LogP contribution in [0.4, 0.5) is 0 Å². The Morgan fingerprint density at radius 3 is 2.76 bits per heavy atom. The topological polar surface area (TPSA) is 97.5 Å². The van der Waals surface area contributed by atoms with Gasteiger partial charge in [-0.15, -0.1) is 0 Å². The van der Waals surface area contributed by atoms with Gasteiger partial charge < -0.3 is 19.7 Å². The maximum Gasteiger partial charge on any atom is 0.341 e. The molecule has 1 aromatic heterocycles. The molecular formula is C18H23N3O4. The normalized spacial score (nSPS) is 15.2. The number of hydrogen-bond acceptors (Lipinski definition) is 6. The molecule has 0 aliphatic carbocycles. The number of rotatable bonds is 8. The molecule has 3 rings (SSSR count). The molecule has 1 aromatic carbocycles. The van der Waals surface area contributed by atoms with Gasteiger partial charge in [0.2, 0.25) is 11.7 Å². The number of piperidine rings is 1. The van der Waals surface area contributed by atoms with Crippen LogP contribution in [0, 0.1) is 5.92 Å². The number of aryl methyl sites for hydroxylation is 1. The Bertz CT molecular complexity index is 678. The molecule has 2 N–H and O–H groups in total. The number of aromatic nitrogens is 2. The Morgan fingerprint density at radius 2 is 2.04 bits per heavy atom. The van der Waals surface area contributed by atoms with Crippen LogP contribution in [0.1, 0.15) is 31.6 Å². The maximum absolute atomic E-state index is 10.5. The summed E-state index contributed by atoms with van der Waals surface area (Å²) in [4.78, 5) is 14.9. The average molecular weight is 345 g/mol. The van der Waals surface area contributed by atoms with Gasteiger partial charge in [0.05, 0.1) is 0 Å². The predicted molar refractivity (Wildman–Crippen MR) is 91.4 cm³/mol. The Hall–Kier alpha value is -2.41. The Morgan fingerprint density at radius 1 is 1.28 bits per heavy atom. The quantitative estimate of drug-likeness (QED) is 0.758. The van der Waals surface area contributed by atoms with Crippen molar-refractivity contribution in [3.63, 3.8) is 0 Å². The third-order valence-electron chi connectivity index (χ3n) is 4.40. The number of ether oxygens (including phenoxy) is 1. The molecule has 0 bridgehead atoms. The highest BCUT2D eigenvalue weighted by Gasteiger charge is 2.14. The maximum atomic E-state index is 10.5. The molecule has 0 saturated carbocycles. The number of carboxylic acids is 1. The highest BCUT2D eigenvalue weighted by Crippen LogP contribution is 2.22. The van der Waals surface area contributed by atoms with E-state index in [0.29, 0.717) is 17.5 Å². The van der Waals surface area contributed by atoms with Crippen molar-refractivity contribution in [1.82, 2.24) is 15.5 Å². The Kier molecular flexibility index (Phi) is 6.00. The van der Waals surface area contributed by atoms with E-state index in [9.17, 15) is 4.79 Å². The van der Waals surface area contributed by atoms with E-state index in [1.807, 2.05) is 0 Å². The first-order valence-corrected chi connectivity index (χ1v) is 8.69. The lowest BCUT2D eigenvalue weighted by Crippen LogP contribution is -2.27. The summed E-state index contributed by atoms with van der Waals surface area (Å²) in [6.45, 7) is 1.89. The van der Waals surface area contributed by atoms with Crippen LogP contribution < -0.4 is 10.1 Å². The summed E-state index contributed by atoms with van der Waals surface area (Å²) in [6.07, 6.45) is 5.58.